The average molecular weight is 444 g/mol. The zero-order valence-corrected chi connectivity index (χ0v) is 17.5. The van der Waals surface area contributed by atoms with Crippen molar-refractivity contribution in [3.8, 4) is 0 Å². The van der Waals surface area contributed by atoms with E-state index in [1.54, 1.807) is 0 Å². The highest BCUT2D eigenvalue weighted by atomic mass is 127. The predicted octanol–water partition coefficient (Wildman–Crippen LogP) is 3.88. The van der Waals surface area contributed by atoms with Gasteiger partial charge in [0.1, 0.15) is 0 Å². The molecular weight excluding hydrogens is 411 g/mol. The van der Waals surface area contributed by atoms with Crippen LogP contribution < -0.4 is 15.5 Å². The Balaban J connectivity index is 0.00000288. The molecule has 5 heteroatoms. The molecule has 0 spiro atoms. The first kappa shape index (κ1) is 21.1. The Kier molecular flexibility index (Phi) is 10.9. The Morgan fingerprint density at radius 1 is 1.17 bits per heavy atom. The van der Waals surface area contributed by atoms with Gasteiger partial charge in [0.15, 0.2) is 5.96 Å². The molecule has 0 saturated carbocycles. The molecule has 1 unspecified atom stereocenters. The normalized spacial score (nSPS) is 17.5. The quantitative estimate of drug-likeness (QED) is 0.277. The number of halogens is 1. The van der Waals surface area contributed by atoms with Crippen LogP contribution >= 0.6 is 24.0 Å². The van der Waals surface area contributed by atoms with Crippen molar-refractivity contribution in [2.45, 2.75) is 39.5 Å². The summed E-state index contributed by atoms with van der Waals surface area (Å²) in [5.74, 6) is 1.63. The van der Waals surface area contributed by atoms with Crippen molar-refractivity contribution in [3.05, 3.63) is 30.3 Å². The molecule has 1 aliphatic rings. The van der Waals surface area contributed by atoms with Gasteiger partial charge in [0.2, 0.25) is 0 Å². The molecule has 1 saturated heterocycles. The number of nitrogens with zero attached hydrogens (tertiary/aromatic N) is 2. The monoisotopic (exact) mass is 444 g/mol. The molecule has 0 aliphatic carbocycles. The van der Waals surface area contributed by atoms with Crippen LogP contribution in [0.15, 0.2) is 35.3 Å². The largest absolute Gasteiger partial charge is 0.371 e. The van der Waals surface area contributed by atoms with Crippen LogP contribution in [0.1, 0.15) is 39.5 Å². The maximum atomic E-state index is 4.79. The summed E-state index contributed by atoms with van der Waals surface area (Å²) in [7, 11) is 0. The molecule has 24 heavy (non-hydrogen) atoms. The van der Waals surface area contributed by atoms with Gasteiger partial charge in [0.25, 0.3) is 0 Å². The van der Waals surface area contributed by atoms with Crippen LogP contribution in [0.5, 0.6) is 0 Å². The molecule has 0 radical (unpaired) electrons. The van der Waals surface area contributed by atoms with E-state index in [0.29, 0.717) is 5.92 Å². The first-order valence-electron chi connectivity index (χ1n) is 9.15. The number of hydrogen-bond acceptors (Lipinski definition) is 2. The molecule has 4 nitrogen and oxygen atoms in total. The van der Waals surface area contributed by atoms with Crippen molar-refractivity contribution in [1.29, 1.82) is 0 Å². The van der Waals surface area contributed by atoms with Gasteiger partial charge in [-0.3, -0.25) is 4.99 Å². The molecule has 1 heterocycles. The minimum atomic E-state index is 0. The Morgan fingerprint density at radius 3 is 2.67 bits per heavy atom. The molecule has 136 valence electrons. The topological polar surface area (TPSA) is 39.7 Å². The van der Waals surface area contributed by atoms with Gasteiger partial charge in [-0.05, 0) is 37.8 Å². The lowest BCUT2D eigenvalue weighted by Gasteiger charge is -2.18. The molecule has 1 aromatic rings. The zero-order chi connectivity index (χ0) is 16.3. The van der Waals surface area contributed by atoms with Crippen LogP contribution in [0, 0.1) is 5.92 Å². The van der Waals surface area contributed by atoms with E-state index in [2.05, 4.69) is 59.7 Å². The van der Waals surface area contributed by atoms with Gasteiger partial charge in [-0.25, -0.2) is 0 Å². The second-order valence-corrected chi connectivity index (χ2v) is 6.29. The van der Waals surface area contributed by atoms with Crippen molar-refractivity contribution in [3.63, 3.8) is 0 Å². The van der Waals surface area contributed by atoms with Crippen LogP contribution in [0.25, 0.3) is 0 Å². The van der Waals surface area contributed by atoms with E-state index in [4.69, 9.17) is 4.99 Å². The van der Waals surface area contributed by atoms with Crippen molar-refractivity contribution < 1.29 is 0 Å². The SMILES string of the molecule is CCCCCNC(=NCC1CCN(c2ccccc2)C1)NCC.I. The summed E-state index contributed by atoms with van der Waals surface area (Å²) in [6.07, 6.45) is 4.98. The van der Waals surface area contributed by atoms with Crippen molar-refractivity contribution in [2.24, 2.45) is 10.9 Å². The van der Waals surface area contributed by atoms with E-state index in [1.165, 1.54) is 31.4 Å². The molecule has 0 bridgehead atoms. The highest BCUT2D eigenvalue weighted by Crippen LogP contribution is 2.23. The molecule has 0 amide bonds. The van der Waals surface area contributed by atoms with Crippen LogP contribution in [-0.2, 0) is 0 Å². The Hall–Kier alpha value is -0.980. The van der Waals surface area contributed by atoms with Crippen molar-refractivity contribution in [2.75, 3.05) is 37.6 Å². The maximum absolute atomic E-state index is 4.79. The second-order valence-electron chi connectivity index (χ2n) is 6.29. The fourth-order valence-electron chi connectivity index (χ4n) is 3.00. The summed E-state index contributed by atoms with van der Waals surface area (Å²) >= 11 is 0. The molecule has 2 N–H and O–H groups in total. The number of para-hydroxylation sites is 1. The molecule has 1 atom stereocenters. The minimum absolute atomic E-state index is 0. The molecular formula is C19H33IN4. The van der Waals surface area contributed by atoms with E-state index in [9.17, 15) is 0 Å². The number of rotatable bonds is 8. The predicted molar refractivity (Wildman–Crippen MR) is 116 cm³/mol. The van der Waals surface area contributed by atoms with E-state index in [0.717, 1.165) is 38.7 Å². The van der Waals surface area contributed by atoms with Crippen molar-refractivity contribution in [1.82, 2.24) is 10.6 Å². The second kappa shape index (κ2) is 12.4. The molecule has 1 aromatic carbocycles. The number of aliphatic imine (C=N–C) groups is 1. The van der Waals surface area contributed by atoms with Crippen LogP contribution in [0.3, 0.4) is 0 Å². The van der Waals surface area contributed by atoms with Gasteiger partial charge in [-0.1, -0.05) is 38.0 Å². The summed E-state index contributed by atoms with van der Waals surface area (Å²) in [6, 6.07) is 10.7. The highest BCUT2D eigenvalue weighted by Gasteiger charge is 2.22. The summed E-state index contributed by atoms with van der Waals surface area (Å²) in [4.78, 5) is 7.26. The fraction of sp³-hybridized carbons (Fsp3) is 0.632. The van der Waals surface area contributed by atoms with Gasteiger partial charge in [-0.2, -0.15) is 0 Å². The Bertz CT molecular complexity index is 464. The van der Waals surface area contributed by atoms with E-state index in [-0.39, 0.29) is 24.0 Å². The van der Waals surface area contributed by atoms with Crippen LogP contribution in [-0.4, -0.2) is 38.7 Å². The zero-order valence-electron chi connectivity index (χ0n) is 15.1. The number of benzene rings is 1. The number of hydrogen-bond donors (Lipinski definition) is 2. The average Bonchev–Trinajstić information content (AvgIpc) is 3.06. The van der Waals surface area contributed by atoms with Crippen molar-refractivity contribution >= 4 is 35.6 Å². The number of guanidine groups is 1. The van der Waals surface area contributed by atoms with Gasteiger partial charge >= 0.3 is 0 Å². The lowest BCUT2D eigenvalue weighted by Crippen LogP contribution is -2.38. The molecule has 1 fully saturated rings. The third kappa shape index (κ3) is 7.28. The van der Waals surface area contributed by atoms with Crippen LogP contribution in [0.4, 0.5) is 5.69 Å². The Morgan fingerprint density at radius 2 is 1.96 bits per heavy atom. The molecule has 2 rings (SSSR count). The Labute approximate surface area is 164 Å². The molecule has 0 aromatic heterocycles. The minimum Gasteiger partial charge on any atom is -0.371 e. The number of unbranched alkanes of at least 4 members (excludes halogenated alkanes) is 2. The number of anilines is 1. The number of nitrogens with one attached hydrogen (secondary N) is 2. The van der Waals surface area contributed by atoms with E-state index in [1.807, 2.05) is 0 Å². The third-order valence-electron chi connectivity index (χ3n) is 4.33. The fourth-order valence-corrected chi connectivity index (χ4v) is 3.00. The van der Waals surface area contributed by atoms with Gasteiger partial charge < -0.3 is 15.5 Å². The first-order chi connectivity index (χ1) is 11.3. The standard InChI is InChI=1S/C19H32N4.HI/c1-3-5-9-13-21-19(20-4-2)22-15-17-12-14-23(16-17)18-10-7-6-8-11-18;/h6-8,10-11,17H,3-5,9,12-16H2,1-2H3,(H2,20,21,22);1H. The highest BCUT2D eigenvalue weighted by molar-refractivity contribution is 14.0. The van der Waals surface area contributed by atoms with E-state index >= 15 is 0 Å². The lowest BCUT2D eigenvalue weighted by molar-refractivity contribution is 0.597. The van der Waals surface area contributed by atoms with Gasteiger partial charge in [0.05, 0.1) is 0 Å². The summed E-state index contributed by atoms with van der Waals surface area (Å²) in [5, 5.41) is 6.80. The van der Waals surface area contributed by atoms with Gasteiger partial charge in [-0.15, -0.1) is 24.0 Å². The summed E-state index contributed by atoms with van der Waals surface area (Å²) in [5.41, 5.74) is 1.34. The van der Waals surface area contributed by atoms with Crippen LogP contribution in [0.2, 0.25) is 0 Å². The maximum Gasteiger partial charge on any atom is 0.191 e. The smallest absolute Gasteiger partial charge is 0.191 e. The van der Waals surface area contributed by atoms with Gasteiger partial charge in [0, 0.05) is 38.4 Å². The lowest BCUT2D eigenvalue weighted by atomic mass is 10.1. The van der Waals surface area contributed by atoms with E-state index < -0.39 is 0 Å². The summed E-state index contributed by atoms with van der Waals surface area (Å²) < 4.78 is 0. The molecule has 1 aliphatic heterocycles. The first-order valence-corrected chi connectivity index (χ1v) is 9.15. The third-order valence-corrected chi connectivity index (χ3v) is 4.33. The summed E-state index contributed by atoms with van der Waals surface area (Å²) in [6.45, 7) is 9.45.